The van der Waals surface area contributed by atoms with Crippen molar-refractivity contribution in [1.29, 1.82) is 0 Å². The van der Waals surface area contributed by atoms with E-state index in [9.17, 15) is 0 Å². The van der Waals surface area contributed by atoms with Gasteiger partial charge in [0.15, 0.2) is 0 Å². The van der Waals surface area contributed by atoms with Gasteiger partial charge in [-0.05, 0) is 13.8 Å². The third kappa shape index (κ3) is 2.21. The van der Waals surface area contributed by atoms with E-state index in [2.05, 4.69) is 10.1 Å². The van der Waals surface area contributed by atoms with Gasteiger partial charge in [-0.1, -0.05) is 16.8 Å². The quantitative estimate of drug-likeness (QED) is 0.775. The fourth-order valence-corrected chi connectivity index (χ4v) is 1.71. The summed E-state index contributed by atoms with van der Waals surface area (Å²) in [6.07, 6.45) is 3.53. The summed E-state index contributed by atoms with van der Waals surface area (Å²) in [7, 11) is 0. The molecule has 5 heteroatoms. The first-order valence-corrected chi connectivity index (χ1v) is 5.07. The van der Waals surface area contributed by atoms with E-state index in [1.54, 1.807) is 6.21 Å². The van der Waals surface area contributed by atoms with Crippen molar-refractivity contribution in [2.45, 2.75) is 20.4 Å². The Hall–Kier alpha value is -1.29. The second-order valence-corrected chi connectivity index (χ2v) is 3.95. The van der Waals surface area contributed by atoms with Crippen molar-refractivity contribution in [2.24, 2.45) is 4.99 Å². The Morgan fingerprint density at radius 2 is 2.33 bits per heavy atom. The molecule has 0 aromatic carbocycles. The van der Waals surface area contributed by atoms with E-state index in [1.165, 1.54) is 0 Å². The minimum Gasteiger partial charge on any atom is -0.361 e. The first-order chi connectivity index (χ1) is 7.16. The number of hydrogen-bond acceptors (Lipinski definition) is 4. The van der Waals surface area contributed by atoms with E-state index < -0.39 is 0 Å². The first-order valence-electron chi connectivity index (χ1n) is 4.70. The predicted octanol–water partition coefficient (Wildman–Crippen LogP) is 2.22. The minimum absolute atomic E-state index is 0.625. The molecule has 0 aliphatic carbocycles. The van der Waals surface area contributed by atoms with Gasteiger partial charge in [-0.25, -0.2) is 0 Å². The lowest BCUT2D eigenvalue weighted by Crippen LogP contribution is -2.20. The molecule has 0 unspecified atom stereocenters. The molecule has 0 spiro atoms. The van der Waals surface area contributed by atoms with Crippen molar-refractivity contribution in [2.75, 3.05) is 6.67 Å². The summed E-state index contributed by atoms with van der Waals surface area (Å²) in [5.41, 5.74) is 2.03. The van der Waals surface area contributed by atoms with Crippen LogP contribution in [0.5, 0.6) is 0 Å². The molecule has 15 heavy (non-hydrogen) atoms. The molecule has 1 aliphatic rings. The Kier molecular flexibility index (Phi) is 2.77. The predicted molar refractivity (Wildman–Crippen MR) is 58.8 cm³/mol. The maximum absolute atomic E-state index is 5.86. The van der Waals surface area contributed by atoms with Gasteiger partial charge >= 0.3 is 0 Å². The molecule has 1 aromatic rings. The molecule has 0 fully saturated rings. The van der Waals surface area contributed by atoms with Gasteiger partial charge in [0.25, 0.3) is 0 Å². The molecule has 0 saturated carbocycles. The Morgan fingerprint density at radius 3 is 2.93 bits per heavy atom. The van der Waals surface area contributed by atoms with Crippen LogP contribution in [0.2, 0.25) is 0 Å². The van der Waals surface area contributed by atoms with Crippen molar-refractivity contribution < 1.29 is 4.52 Å². The smallest absolute Gasteiger partial charge is 0.138 e. The van der Waals surface area contributed by atoms with Crippen LogP contribution >= 0.6 is 11.6 Å². The van der Waals surface area contributed by atoms with E-state index in [-0.39, 0.29) is 0 Å². The third-order valence-electron chi connectivity index (χ3n) is 2.33. The maximum Gasteiger partial charge on any atom is 0.138 e. The van der Waals surface area contributed by atoms with E-state index in [0.29, 0.717) is 11.7 Å². The van der Waals surface area contributed by atoms with Crippen molar-refractivity contribution in [3.8, 4) is 0 Å². The molecule has 80 valence electrons. The van der Waals surface area contributed by atoms with Crippen LogP contribution in [0.25, 0.3) is 0 Å². The largest absolute Gasteiger partial charge is 0.361 e. The Labute approximate surface area is 93.2 Å². The van der Waals surface area contributed by atoms with Gasteiger partial charge in [-0.15, -0.1) is 0 Å². The lowest BCUT2D eigenvalue weighted by Gasteiger charge is -2.20. The zero-order valence-corrected chi connectivity index (χ0v) is 9.45. The Morgan fingerprint density at radius 1 is 1.53 bits per heavy atom. The summed E-state index contributed by atoms with van der Waals surface area (Å²) in [6, 6.07) is 0. The SMILES string of the molecule is Cc1noc(C)c1CN1C=C(Cl)C=NC1. The van der Waals surface area contributed by atoms with E-state index >= 15 is 0 Å². The van der Waals surface area contributed by atoms with Crippen LogP contribution in [0.15, 0.2) is 20.7 Å². The molecule has 0 radical (unpaired) electrons. The molecule has 0 bridgehead atoms. The number of aromatic nitrogens is 1. The van der Waals surface area contributed by atoms with E-state index in [4.69, 9.17) is 16.1 Å². The number of rotatable bonds is 2. The Bertz CT molecular complexity index is 403. The standard InChI is InChI=1S/C10H12ClN3O/c1-7-10(8(2)15-13-7)5-14-4-9(11)3-12-6-14/h3-4H,5-6H2,1-2H3. The normalized spacial score (nSPS) is 15.7. The highest BCUT2D eigenvalue weighted by atomic mass is 35.5. The van der Waals surface area contributed by atoms with Crippen LogP contribution in [0.1, 0.15) is 17.0 Å². The molecule has 2 heterocycles. The van der Waals surface area contributed by atoms with Crippen LogP contribution in [-0.4, -0.2) is 22.9 Å². The number of hydrogen-bond donors (Lipinski definition) is 0. The third-order valence-corrected chi connectivity index (χ3v) is 2.52. The summed E-state index contributed by atoms with van der Waals surface area (Å²) in [5, 5.41) is 4.55. The van der Waals surface area contributed by atoms with Crippen LogP contribution in [0, 0.1) is 13.8 Å². The number of nitrogens with zero attached hydrogens (tertiary/aromatic N) is 3. The van der Waals surface area contributed by atoms with Gasteiger partial charge in [0, 0.05) is 24.5 Å². The van der Waals surface area contributed by atoms with Crippen molar-refractivity contribution in [3.63, 3.8) is 0 Å². The molecule has 4 nitrogen and oxygen atoms in total. The molecule has 0 saturated heterocycles. The summed E-state index contributed by atoms with van der Waals surface area (Å²) >= 11 is 5.86. The topological polar surface area (TPSA) is 41.6 Å². The highest BCUT2D eigenvalue weighted by molar-refractivity contribution is 6.39. The summed E-state index contributed by atoms with van der Waals surface area (Å²) < 4.78 is 5.09. The fourth-order valence-electron chi connectivity index (χ4n) is 1.51. The van der Waals surface area contributed by atoms with Gasteiger partial charge in [-0.2, -0.15) is 0 Å². The fraction of sp³-hybridized carbons (Fsp3) is 0.400. The van der Waals surface area contributed by atoms with Crippen molar-refractivity contribution >= 4 is 17.8 Å². The van der Waals surface area contributed by atoms with Crippen LogP contribution in [-0.2, 0) is 6.54 Å². The van der Waals surface area contributed by atoms with Gasteiger partial charge < -0.3 is 9.42 Å². The van der Waals surface area contributed by atoms with Gasteiger partial charge in [0.1, 0.15) is 12.4 Å². The molecule has 0 amide bonds. The summed E-state index contributed by atoms with van der Waals surface area (Å²) in [4.78, 5) is 6.15. The number of aliphatic imine (C=N–C) groups is 1. The van der Waals surface area contributed by atoms with Crippen molar-refractivity contribution in [1.82, 2.24) is 10.1 Å². The average molecular weight is 226 g/mol. The summed E-state index contributed by atoms with van der Waals surface area (Å²) in [5.74, 6) is 0.853. The molecular formula is C10H12ClN3O. The van der Waals surface area contributed by atoms with Gasteiger partial charge in [0.05, 0.1) is 10.7 Å². The van der Waals surface area contributed by atoms with Crippen LogP contribution in [0.4, 0.5) is 0 Å². The van der Waals surface area contributed by atoms with Crippen LogP contribution in [0.3, 0.4) is 0 Å². The molecule has 0 N–H and O–H groups in total. The zero-order chi connectivity index (χ0) is 10.8. The molecule has 1 aromatic heterocycles. The molecule has 2 rings (SSSR count). The van der Waals surface area contributed by atoms with Gasteiger partial charge in [-0.3, -0.25) is 4.99 Å². The summed E-state index contributed by atoms with van der Waals surface area (Å²) in [6.45, 7) is 5.20. The maximum atomic E-state index is 5.86. The average Bonchev–Trinajstić information content (AvgIpc) is 2.50. The first kappa shape index (κ1) is 10.2. The lowest BCUT2D eigenvalue weighted by atomic mass is 10.2. The number of aryl methyl sites for hydroxylation is 2. The Balaban J connectivity index is 2.13. The molecule has 1 aliphatic heterocycles. The number of halogens is 1. The second kappa shape index (κ2) is 4.06. The highest BCUT2D eigenvalue weighted by Crippen LogP contribution is 2.17. The number of allylic oxidation sites excluding steroid dienone is 1. The van der Waals surface area contributed by atoms with E-state index in [1.807, 2.05) is 24.9 Å². The highest BCUT2D eigenvalue weighted by Gasteiger charge is 2.13. The molecular weight excluding hydrogens is 214 g/mol. The van der Waals surface area contributed by atoms with Crippen molar-refractivity contribution in [3.05, 3.63) is 28.2 Å². The second-order valence-electron chi connectivity index (χ2n) is 3.52. The zero-order valence-electron chi connectivity index (χ0n) is 8.70. The molecule has 0 atom stereocenters. The monoisotopic (exact) mass is 225 g/mol. The van der Waals surface area contributed by atoms with E-state index in [0.717, 1.165) is 23.6 Å². The van der Waals surface area contributed by atoms with Gasteiger partial charge in [0.2, 0.25) is 0 Å². The lowest BCUT2D eigenvalue weighted by molar-refractivity contribution is 0.367. The van der Waals surface area contributed by atoms with Crippen LogP contribution < -0.4 is 0 Å². The minimum atomic E-state index is 0.625.